The highest BCUT2D eigenvalue weighted by Gasteiger charge is 2.47. The topological polar surface area (TPSA) is 117 Å². The van der Waals surface area contributed by atoms with Crippen LogP contribution in [0.2, 0.25) is 0 Å². The monoisotopic (exact) mass is 492 g/mol. The van der Waals surface area contributed by atoms with E-state index in [4.69, 9.17) is 4.74 Å². The zero-order valence-corrected chi connectivity index (χ0v) is 20.4. The molecule has 1 aliphatic carbocycles. The van der Waals surface area contributed by atoms with Gasteiger partial charge in [-0.25, -0.2) is 0 Å². The summed E-state index contributed by atoms with van der Waals surface area (Å²) >= 11 is 0. The minimum atomic E-state index is -0.754. The molecule has 0 spiro atoms. The lowest BCUT2D eigenvalue weighted by Gasteiger charge is -2.24. The average Bonchev–Trinajstić information content (AvgIpc) is 3.69. The predicted molar refractivity (Wildman–Crippen MR) is 133 cm³/mol. The van der Waals surface area contributed by atoms with Crippen molar-refractivity contribution in [3.05, 3.63) is 65.2 Å². The lowest BCUT2D eigenvalue weighted by atomic mass is 10.0. The fraction of sp³-hybridized carbons (Fsp3) is 0.407. The Morgan fingerprint density at radius 3 is 2.44 bits per heavy atom. The molecule has 1 saturated carbocycles. The number of rotatable bonds is 11. The minimum absolute atomic E-state index is 0.0478. The molecule has 1 aliphatic heterocycles. The maximum atomic E-state index is 12.9. The van der Waals surface area contributed by atoms with Crippen LogP contribution in [0.4, 0.5) is 0 Å². The molecule has 1 fully saturated rings. The minimum Gasteiger partial charge on any atom is -0.494 e. The van der Waals surface area contributed by atoms with Crippen molar-refractivity contribution in [2.75, 3.05) is 13.2 Å². The van der Waals surface area contributed by atoms with Gasteiger partial charge in [-0.05, 0) is 55.2 Å². The first-order valence-electron chi connectivity index (χ1n) is 12.5. The molecule has 2 aromatic carbocycles. The second-order valence-electron chi connectivity index (χ2n) is 9.09. The van der Waals surface area contributed by atoms with Crippen LogP contribution in [0.1, 0.15) is 77.8 Å². The molecule has 2 aliphatic rings. The number of carbonyl (C=O) groups is 4. The van der Waals surface area contributed by atoms with E-state index in [2.05, 4.69) is 23.1 Å². The van der Waals surface area contributed by atoms with Crippen LogP contribution in [-0.2, 0) is 9.59 Å². The fourth-order valence-corrected chi connectivity index (χ4v) is 4.26. The van der Waals surface area contributed by atoms with E-state index in [0.29, 0.717) is 29.0 Å². The Balaban J connectivity index is 1.22. The predicted octanol–water partition coefficient (Wildman–Crippen LogP) is 2.88. The summed E-state index contributed by atoms with van der Waals surface area (Å²) in [5, 5.41) is 2.59. The molecule has 36 heavy (non-hydrogen) atoms. The number of nitrogens with one attached hydrogen (secondary N) is 3. The van der Waals surface area contributed by atoms with E-state index in [9.17, 15) is 19.2 Å². The summed E-state index contributed by atoms with van der Waals surface area (Å²) in [6.07, 6.45) is 6.19. The van der Waals surface area contributed by atoms with Crippen molar-refractivity contribution in [3.63, 3.8) is 0 Å². The maximum Gasteiger partial charge on any atom is 0.269 e. The lowest BCUT2D eigenvalue weighted by molar-refractivity contribution is -0.129. The third-order valence-corrected chi connectivity index (χ3v) is 6.31. The van der Waals surface area contributed by atoms with Crippen molar-refractivity contribution in [2.45, 2.75) is 57.5 Å². The highest BCUT2D eigenvalue weighted by molar-refractivity contribution is 6.05. The first-order valence-corrected chi connectivity index (χ1v) is 12.5. The van der Waals surface area contributed by atoms with Crippen LogP contribution in [0.5, 0.6) is 5.75 Å². The normalized spacial score (nSPS) is 16.3. The van der Waals surface area contributed by atoms with E-state index < -0.39 is 23.8 Å². The van der Waals surface area contributed by atoms with Crippen molar-refractivity contribution in [3.8, 4) is 5.75 Å². The van der Waals surface area contributed by atoms with E-state index in [1.165, 1.54) is 12.8 Å². The summed E-state index contributed by atoms with van der Waals surface area (Å²) in [7, 11) is 0. The maximum absolute atomic E-state index is 12.9. The van der Waals surface area contributed by atoms with Gasteiger partial charge in [0, 0.05) is 17.2 Å². The van der Waals surface area contributed by atoms with Gasteiger partial charge in [-0.1, -0.05) is 44.4 Å². The lowest BCUT2D eigenvalue weighted by Crippen LogP contribution is -2.48. The number of amides is 4. The van der Waals surface area contributed by atoms with Gasteiger partial charge in [0.15, 0.2) is 0 Å². The average molecular weight is 493 g/mol. The van der Waals surface area contributed by atoms with Gasteiger partial charge in [0.25, 0.3) is 17.7 Å². The summed E-state index contributed by atoms with van der Waals surface area (Å²) in [4.78, 5) is 51.9. The number of fused-ring (bicyclic) bond motifs is 1. The molecule has 0 aromatic heterocycles. The summed E-state index contributed by atoms with van der Waals surface area (Å²) < 4.78 is 5.67. The fourth-order valence-electron chi connectivity index (χ4n) is 4.26. The second-order valence-corrected chi connectivity index (χ2v) is 9.09. The number of hydrogen-bond donors (Lipinski definition) is 3. The van der Waals surface area contributed by atoms with E-state index in [1.807, 2.05) is 0 Å². The molecule has 9 heteroatoms. The van der Waals surface area contributed by atoms with Crippen LogP contribution in [0.15, 0.2) is 48.5 Å². The number of ether oxygens (including phenoxy) is 1. The number of hydrogen-bond acceptors (Lipinski definition) is 5. The molecule has 2 aromatic rings. The van der Waals surface area contributed by atoms with E-state index in [-0.39, 0.29) is 18.5 Å². The summed E-state index contributed by atoms with van der Waals surface area (Å²) in [6.45, 7) is 2.45. The standard InChI is InChI=1S/C27H32N4O5/c1-2-3-4-7-16-36-20-14-10-18(11-15-20)25(33)30-29-23(32)17-28-26(34)24-21-8-5-6-9-22(21)27(35)31(24)19-12-13-19/h5-6,8-11,14-15,19,24H,2-4,7,12-13,16-17H2,1H3,(H,28,34)(H,29,32)(H,30,33). The third kappa shape index (κ3) is 6.02. The van der Waals surface area contributed by atoms with Crippen LogP contribution < -0.4 is 20.9 Å². The highest BCUT2D eigenvalue weighted by Crippen LogP contribution is 2.41. The molecule has 0 bridgehead atoms. The Kier molecular flexibility index (Phi) is 8.20. The van der Waals surface area contributed by atoms with Crippen molar-refractivity contribution in [1.82, 2.24) is 21.1 Å². The van der Waals surface area contributed by atoms with Gasteiger partial charge in [0.05, 0.1) is 13.2 Å². The van der Waals surface area contributed by atoms with Gasteiger partial charge in [0.1, 0.15) is 11.8 Å². The van der Waals surface area contributed by atoms with Gasteiger partial charge in [-0.15, -0.1) is 0 Å². The van der Waals surface area contributed by atoms with Crippen LogP contribution in [-0.4, -0.2) is 47.7 Å². The van der Waals surface area contributed by atoms with Gasteiger partial charge in [-0.3, -0.25) is 30.0 Å². The number of nitrogens with zero attached hydrogens (tertiary/aromatic N) is 1. The second kappa shape index (κ2) is 11.7. The molecule has 4 rings (SSSR count). The summed E-state index contributed by atoms with van der Waals surface area (Å²) in [5.74, 6) is -0.967. The quantitative estimate of drug-likeness (QED) is 0.329. The number of benzene rings is 2. The van der Waals surface area contributed by atoms with Crippen LogP contribution in [0.25, 0.3) is 0 Å². The SMILES string of the molecule is CCCCCCOc1ccc(C(=O)NNC(=O)CNC(=O)C2c3ccccc3C(=O)N2C2CC2)cc1. The van der Waals surface area contributed by atoms with E-state index >= 15 is 0 Å². The zero-order chi connectivity index (χ0) is 25.5. The van der Waals surface area contributed by atoms with Crippen molar-refractivity contribution in [1.29, 1.82) is 0 Å². The molecule has 1 atom stereocenters. The summed E-state index contributed by atoms with van der Waals surface area (Å²) in [5.41, 5.74) is 6.18. The van der Waals surface area contributed by atoms with Crippen molar-refractivity contribution < 1.29 is 23.9 Å². The number of carbonyl (C=O) groups excluding carboxylic acids is 4. The van der Waals surface area contributed by atoms with Crippen LogP contribution >= 0.6 is 0 Å². The first kappa shape index (κ1) is 25.2. The first-order chi connectivity index (χ1) is 17.5. The molecule has 3 N–H and O–H groups in total. The van der Waals surface area contributed by atoms with Crippen molar-refractivity contribution >= 4 is 23.6 Å². The molecular formula is C27H32N4O5. The molecular weight excluding hydrogens is 460 g/mol. The number of hydrazine groups is 1. The Bertz CT molecular complexity index is 1110. The smallest absolute Gasteiger partial charge is 0.269 e. The molecule has 4 amide bonds. The van der Waals surface area contributed by atoms with Crippen molar-refractivity contribution in [2.24, 2.45) is 0 Å². The molecule has 9 nitrogen and oxygen atoms in total. The third-order valence-electron chi connectivity index (χ3n) is 6.31. The Labute approximate surface area is 210 Å². The Hall–Kier alpha value is -3.88. The largest absolute Gasteiger partial charge is 0.494 e. The van der Waals surface area contributed by atoms with Gasteiger partial charge < -0.3 is 15.0 Å². The highest BCUT2D eigenvalue weighted by atomic mass is 16.5. The van der Waals surface area contributed by atoms with Crippen LogP contribution in [0, 0.1) is 0 Å². The van der Waals surface area contributed by atoms with Gasteiger partial charge in [-0.2, -0.15) is 0 Å². The van der Waals surface area contributed by atoms with Crippen LogP contribution in [0.3, 0.4) is 0 Å². The molecule has 190 valence electrons. The Morgan fingerprint density at radius 1 is 0.972 bits per heavy atom. The van der Waals surface area contributed by atoms with Gasteiger partial charge >= 0.3 is 0 Å². The van der Waals surface area contributed by atoms with E-state index in [1.54, 1.807) is 53.4 Å². The molecule has 1 unspecified atom stereocenters. The number of unbranched alkanes of at least 4 members (excludes halogenated alkanes) is 3. The van der Waals surface area contributed by atoms with Gasteiger partial charge in [0.2, 0.25) is 5.91 Å². The Morgan fingerprint density at radius 2 is 1.72 bits per heavy atom. The molecule has 0 saturated heterocycles. The summed E-state index contributed by atoms with van der Waals surface area (Å²) in [6, 6.07) is 13.0. The molecule has 1 heterocycles. The molecule has 0 radical (unpaired) electrons. The van der Waals surface area contributed by atoms with E-state index in [0.717, 1.165) is 25.7 Å². The zero-order valence-electron chi connectivity index (χ0n) is 20.4.